The fourth-order valence-electron chi connectivity index (χ4n) is 3.72. The molecule has 2 aromatic carbocycles. The number of hydrogen-bond acceptors (Lipinski definition) is 4. The van der Waals surface area contributed by atoms with E-state index in [1.807, 2.05) is 30.5 Å². The molecule has 0 unspecified atom stereocenters. The molecule has 2 atom stereocenters. The molecule has 0 aliphatic carbocycles. The number of aromatic nitrogens is 1. The molecule has 3 aromatic rings. The van der Waals surface area contributed by atoms with Gasteiger partial charge < -0.3 is 4.74 Å². The quantitative estimate of drug-likeness (QED) is 0.558. The minimum atomic E-state index is -0.277. The van der Waals surface area contributed by atoms with E-state index in [1.165, 1.54) is 5.56 Å². The maximum absolute atomic E-state index is 6.35. The Morgan fingerprint density at radius 2 is 1.96 bits per heavy atom. The Morgan fingerprint density at radius 1 is 1.11 bits per heavy atom. The molecule has 0 bridgehead atoms. The molecule has 0 saturated heterocycles. The number of hydrazone groups is 1. The Morgan fingerprint density at radius 3 is 2.74 bits per heavy atom. The highest BCUT2D eigenvalue weighted by Crippen LogP contribution is 2.48. The Bertz CT molecular complexity index is 1020. The Kier molecular flexibility index (Phi) is 3.97. The molecule has 3 heterocycles. The highest BCUT2D eigenvalue weighted by atomic mass is 79.9. The predicted molar refractivity (Wildman–Crippen MR) is 109 cm³/mol. The number of nitrogens with zero attached hydrogens (tertiary/aromatic N) is 3. The standard InChI is InChI=1S/C22H18BrN3O/c1-14-4-6-15(7-5-14)19-12-20-18-11-17(23)8-9-21(18)27-22(26(20)25-19)16-3-2-10-24-13-16/h2-11,13,20,22H,12H2,1H3/t20-,22-/m1/s1. The minimum Gasteiger partial charge on any atom is -0.464 e. The summed E-state index contributed by atoms with van der Waals surface area (Å²) < 4.78 is 7.40. The van der Waals surface area contributed by atoms with Crippen LogP contribution in [0.25, 0.3) is 0 Å². The van der Waals surface area contributed by atoms with Crippen LogP contribution in [-0.4, -0.2) is 15.7 Å². The zero-order chi connectivity index (χ0) is 18.4. The van der Waals surface area contributed by atoms with Gasteiger partial charge in [-0.15, -0.1) is 0 Å². The number of fused-ring (bicyclic) bond motifs is 3. The second kappa shape index (κ2) is 6.50. The van der Waals surface area contributed by atoms with Crippen LogP contribution in [0.1, 0.15) is 40.9 Å². The molecule has 2 aliphatic rings. The number of rotatable bonds is 2. The number of benzene rings is 2. The Labute approximate surface area is 166 Å². The van der Waals surface area contributed by atoms with Gasteiger partial charge in [-0.2, -0.15) is 5.10 Å². The Balaban J connectivity index is 1.60. The van der Waals surface area contributed by atoms with Crippen LogP contribution >= 0.6 is 15.9 Å². The summed E-state index contributed by atoms with van der Waals surface area (Å²) in [4.78, 5) is 4.27. The van der Waals surface area contributed by atoms with Gasteiger partial charge in [-0.1, -0.05) is 51.8 Å². The predicted octanol–water partition coefficient (Wildman–Crippen LogP) is 5.39. The third kappa shape index (κ3) is 2.92. The molecule has 5 heteroatoms. The second-order valence-corrected chi connectivity index (χ2v) is 7.87. The van der Waals surface area contributed by atoms with Gasteiger partial charge >= 0.3 is 0 Å². The van der Waals surface area contributed by atoms with Gasteiger partial charge in [-0.05, 0) is 36.8 Å². The largest absolute Gasteiger partial charge is 0.464 e. The monoisotopic (exact) mass is 419 g/mol. The molecule has 0 amide bonds. The van der Waals surface area contributed by atoms with Crippen molar-refractivity contribution in [1.29, 1.82) is 0 Å². The summed E-state index contributed by atoms with van der Waals surface area (Å²) in [6.45, 7) is 2.10. The van der Waals surface area contributed by atoms with Gasteiger partial charge in [0, 0.05) is 34.4 Å². The van der Waals surface area contributed by atoms with Crippen molar-refractivity contribution in [2.24, 2.45) is 5.10 Å². The summed E-state index contributed by atoms with van der Waals surface area (Å²) in [5.74, 6) is 0.911. The van der Waals surface area contributed by atoms with Crippen LogP contribution in [0.15, 0.2) is 76.6 Å². The lowest BCUT2D eigenvalue weighted by atomic mass is 9.96. The van der Waals surface area contributed by atoms with Crippen molar-refractivity contribution < 1.29 is 4.74 Å². The summed E-state index contributed by atoms with van der Waals surface area (Å²) in [5.41, 5.74) is 5.67. The summed E-state index contributed by atoms with van der Waals surface area (Å²) in [6.07, 6.45) is 4.21. The van der Waals surface area contributed by atoms with Crippen LogP contribution in [0.2, 0.25) is 0 Å². The third-order valence-corrected chi connectivity index (χ3v) is 5.60. The summed E-state index contributed by atoms with van der Waals surface area (Å²) in [6, 6.07) is 18.9. The molecule has 0 saturated carbocycles. The smallest absolute Gasteiger partial charge is 0.215 e. The van der Waals surface area contributed by atoms with E-state index in [-0.39, 0.29) is 12.3 Å². The molecule has 0 radical (unpaired) electrons. The molecule has 2 aliphatic heterocycles. The first-order valence-electron chi connectivity index (χ1n) is 8.98. The van der Waals surface area contributed by atoms with E-state index >= 15 is 0 Å². The molecule has 4 nitrogen and oxygen atoms in total. The first-order chi connectivity index (χ1) is 13.2. The summed E-state index contributed by atoms with van der Waals surface area (Å²) in [5, 5.41) is 7.06. The average Bonchev–Trinajstić information content (AvgIpc) is 3.14. The molecule has 0 N–H and O–H groups in total. The van der Waals surface area contributed by atoms with E-state index in [0.717, 1.165) is 39.0 Å². The van der Waals surface area contributed by atoms with E-state index in [4.69, 9.17) is 9.84 Å². The van der Waals surface area contributed by atoms with Crippen LogP contribution in [0.3, 0.4) is 0 Å². The van der Waals surface area contributed by atoms with Crippen LogP contribution in [0.4, 0.5) is 0 Å². The number of hydrogen-bond donors (Lipinski definition) is 0. The number of pyridine rings is 1. The van der Waals surface area contributed by atoms with E-state index in [9.17, 15) is 0 Å². The van der Waals surface area contributed by atoms with Gasteiger partial charge in [-0.3, -0.25) is 4.98 Å². The lowest BCUT2D eigenvalue weighted by Gasteiger charge is -2.38. The molecule has 134 valence electrons. The van der Waals surface area contributed by atoms with Crippen molar-refractivity contribution in [2.75, 3.05) is 0 Å². The third-order valence-electron chi connectivity index (χ3n) is 5.11. The number of halogens is 1. The highest BCUT2D eigenvalue weighted by molar-refractivity contribution is 9.10. The number of ether oxygens (including phenoxy) is 1. The maximum Gasteiger partial charge on any atom is 0.215 e. The normalized spacial score (nSPS) is 20.5. The molecule has 5 rings (SSSR count). The lowest BCUT2D eigenvalue weighted by molar-refractivity contribution is -0.0192. The molecule has 0 spiro atoms. The molecule has 27 heavy (non-hydrogen) atoms. The Hall–Kier alpha value is -2.66. The summed E-state index contributed by atoms with van der Waals surface area (Å²) >= 11 is 3.59. The molecule has 0 fully saturated rings. The fourth-order valence-corrected chi connectivity index (χ4v) is 4.10. The first kappa shape index (κ1) is 16.5. The van der Waals surface area contributed by atoms with Gasteiger partial charge in [0.15, 0.2) is 0 Å². The van der Waals surface area contributed by atoms with Crippen LogP contribution in [0.5, 0.6) is 5.75 Å². The van der Waals surface area contributed by atoms with Crippen molar-refractivity contribution in [3.63, 3.8) is 0 Å². The topological polar surface area (TPSA) is 37.7 Å². The molecule has 1 aromatic heterocycles. The van der Waals surface area contributed by atoms with Gasteiger partial charge in [0.05, 0.1) is 11.8 Å². The molecular weight excluding hydrogens is 402 g/mol. The zero-order valence-electron chi connectivity index (χ0n) is 14.8. The van der Waals surface area contributed by atoms with Crippen LogP contribution < -0.4 is 4.74 Å². The van der Waals surface area contributed by atoms with Gasteiger partial charge in [0.2, 0.25) is 6.23 Å². The van der Waals surface area contributed by atoms with Crippen molar-refractivity contribution in [3.8, 4) is 5.75 Å². The van der Waals surface area contributed by atoms with Gasteiger partial charge in [-0.25, -0.2) is 5.01 Å². The van der Waals surface area contributed by atoms with Gasteiger partial charge in [0.1, 0.15) is 5.75 Å². The minimum absolute atomic E-state index is 0.146. The van der Waals surface area contributed by atoms with E-state index in [0.29, 0.717) is 0 Å². The van der Waals surface area contributed by atoms with Crippen molar-refractivity contribution in [2.45, 2.75) is 25.6 Å². The second-order valence-electron chi connectivity index (χ2n) is 6.95. The van der Waals surface area contributed by atoms with E-state index in [1.54, 1.807) is 6.20 Å². The SMILES string of the molecule is Cc1ccc(C2=NN3[C@H](C2)c2cc(Br)ccc2O[C@@H]3c2cccnc2)cc1. The fraction of sp³-hybridized carbons (Fsp3) is 0.182. The van der Waals surface area contributed by atoms with Crippen molar-refractivity contribution in [3.05, 3.63) is 93.7 Å². The first-order valence-corrected chi connectivity index (χ1v) is 9.77. The lowest BCUT2D eigenvalue weighted by Crippen LogP contribution is -2.33. The van der Waals surface area contributed by atoms with Crippen molar-refractivity contribution in [1.82, 2.24) is 9.99 Å². The van der Waals surface area contributed by atoms with E-state index < -0.39 is 0 Å². The number of aryl methyl sites for hydroxylation is 1. The van der Waals surface area contributed by atoms with Crippen LogP contribution in [-0.2, 0) is 0 Å². The summed E-state index contributed by atoms with van der Waals surface area (Å²) in [7, 11) is 0. The van der Waals surface area contributed by atoms with Crippen LogP contribution in [0, 0.1) is 6.92 Å². The highest BCUT2D eigenvalue weighted by Gasteiger charge is 2.41. The average molecular weight is 420 g/mol. The molecular formula is C22H18BrN3O. The van der Waals surface area contributed by atoms with E-state index in [2.05, 4.69) is 63.2 Å². The van der Waals surface area contributed by atoms with Crippen molar-refractivity contribution >= 4 is 21.6 Å². The van der Waals surface area contributed by atoms with Gasteiger partial charge in [0.25, 0.3) is 0 Å². The zero-order valence-corrected chi connectivity index (χ0v) is 16.4. The maximum atomic E-state index is 6.35.